The Kier molecular flexibility index (Phi) is 6.52. The van der Waals surface area contributed by atoms with Gasteiger partial charge in [0.15, 0.2) is 6.61 Å². The van der Waals surface area contributed by atoms with Crippen molar-refractivity contribution in [3.63, 3.8) is 0 Å². The summed E-state index contributed by atoms with van der Waals surface area (Å²) in [5.74, 6) is 0.265. The van der Waals surface area contributed by atoms with E-state index in [-0.39, 0.29) is 5.76 Å². The molecule has 6 heteroatoms. The van der Waals surface area contributed by atoms with Crippen molar-refractivity contribution in [2.75, 3.05) is 20.2 Å². The number of thioether (sulfide) groups is 1. The summed E-state index contributed by atoms with van der Waals surface area (Å²) in [6.07, 6.45) is 4.34. The van der Waals surface area contributed by atoms with E-state index in [2.05, 4.69) is 21.9 Å². The van der Waals surface area contributed by atoms with Gasteiger partial charge in [-0.3, -0.25) is 0 Å². The van der Waals surface area contributed by atoms with Crippen LogP contribution in [0.15, 0.2) is 35.1 Å². The first-order chi connectivity index (χ1) is 9.26. The zero-order chi connectivity index (χ0) is 15.2. The molecule has 2 nitrogen and oxygen atoms in total. The molecule has 1 aliphatic heterocycles. The van der Waals surface area contributed by atoms with Crippen molar-refractivity contribution in [2.45, 2.75) is 31.7 Å². The zero-order valence-corrected chi connectivity index (χ0v) is 12.7. The van der Waals surface area contributed by atoms with E-state index in [1.165, 1.54) is 6.92 Å². The van der Waals surface area contributed by atoms with Crippen molar-refractivity contribution in [3.8, 4) is 0 Å². The highest BCUT2D eigenvalue weighted by Gasteiger charge is 2.28. The van der Waals surface area contributed by atoms with E-state index in [9.17, 15) is 13.2 Å². The normalized spacial score (nSPS) is 21.3. The van der Waals surface area contributed by atoms with Crippen LogP contribution in [-0.4, -0.2) is 36.5 Å². The number of nitrogens with zero attached hydrogens (tertiary/aromatic N) is 1. The molecular formula is C14H20F3NOS. The fraction of sp³-hybridized carbons (Fsp3) is 0.571. The third-order valence-electron chi connectivity index (χ3n) is 2.68. The monoisotopic (exact) mass is 307 g/mol. The minimum absolute atomic E-state index is 0.265. The molecule has 0 aromatic rings. The lowest BCUT2D eigenvalue weighted by Gasteiger charge is -2.23. The lowest BCUT2D eigenvalue weighted by molar-refractivity contribution is -0.164. The van der Waals surface area contributed by atoms with Crippen LogP contribution in [0.2, 0.25) is 0 Å². The SMILES string of the molecule is C/C(=C\C=C(/C)SC1C=CN(C)CC1)OCC(F)(F)F. The van der Waals surface area contributed by atoms with Crippen molar-refractivity contribution in [3.05, 3.63) is 35.1 Å². The quantitative estimate of drug-likeness (QED) is 0.554. The van der Waals surface area contributed by atoms with Crippen LogP contribution in [0.1, 0.15) is 20.3 Å². The molecule has 1 unspecified atom stereocenters. The average Bonchev–Trinajstić information content (AvgIpc) is 2.36. The molecule has 20 heavy (non-hydrogen) atoms. The largest absolute Gasteiger partial charge is 0.489 e. The number of allylic oxidation sites excluding steroid dienone is 4. The molecule has 0 N–H and O–H groups in total. The molecule has 1 heterocycles. The Bertz CT molecular complexity index is 402. The lowest BCUT2D eigenvalue weighted by Crippen LogP contribution is -2.21. The van der Waals surface area contributed by atoms with Gasteiger partial charge in [0.25, 0.3) is 0 Å². The molecule has 0 amide bonds. The summed E-state index contributed by atoms with van der Waals surface area (Å²) in [4.78, 5) is 3.18. The van der Waals surface area contributed by atoms with E-state index < -0.39 is 12.8 Å². The van der Waals surface area contributed by atoms with Gasteiger partial charge in [0.2, 0.25) is 0 Å². The van der Waals surface area contributed by atoms with E-state index >= 15 is 0 Å². The Morgan fingerprint density at radius 3 is 2.65 bits per heavy atom. The van der Waals surface area contributed by atoms with E-state index in [0.29, 0.717) is 5.25 Å². The van der Waals surface area contributed by atoms with Gasteiger partial charge in [0, 0.05) is 18.8 Å². The Hall–Kier alpha value is -1.04. The summed E-state index contributed by atoms with van der Waals surface area (Å²) >= 11 is 1.71. The first-order valence-corrected chi connectivity index (χ1v) is 7.24. The third kappa shape index (κ3) is 7.53. The van der Waals surface area contributed by atoms with Gasteiger partial charge < -0.3 is 9.64 Å². The van der Waals surface area contributed by atoms with Crippen LogP contribution in [-0.2, 0) is 4.74 Å². The topological polar surface area (TPSA) is 12.5 Å². The highest BCUT2D eigenvalue weighted by molar-refractivity contribution is 8.03. The van der Waals surface area contributed by atoms with Crippen molar-refractivity contribution >= 4 is 11.8 Å². The average molecular weight is 307 g/mol. The summed E-state index contributed by atoms with van der Waals surface area (Å²) in [5.41, 5.74) is 0. The molecule has 0 aliphatic carbocycles. The Balaban J connectivity index is 2.42. The molecular weight excluding hydrogens is 287 g/mol. The molecule has 1 rings (SSSR count). The maximum absolute atomic E-state index is 12.0. The highest BCUT2D eigenvalue weighted by Crippen LogP contribution is 2.27. The minimum atomic E-state index is -4.29. The fourth-order valence-electron chi connectivity index (χ4n) is 1.60. The third-order valence-corrected chi connectivity index (χ3v) is 3.88. The van der Waals surface area contributed by atoms with Gasteiger partial charge in [0.05, 0.1) is 5.76 Å². The molecule has 114 valence electrons. The molecule has 1 aliphatic rings. The first kappa shape index (κ1) is 17.0. The smallest absolute Gasteiger partial charge is 0.422 e. The predicted octanol–water partition coefficient (Wildman–Crippen LogP) is 4.32. The van der Waals surface area contributed by atoms with Crippen molar-refractivity contribution in [1.29, 1.82) is 0 Å². The fourth-order valence-corrected chi connectivity index (χ4v) is 2.60. The summed E-state index contributed by atoms with van der Waals surface area (Å²) < 4.78 is 40.5. The lowest BCUT2D eigenvalue weighted by atomic mass is 10.2. The van der Waals surface area contributed by atoms with Crippen LogP contribution >= 0.6 is 11.8 Å². The Labute approximate surface area is 122 Å². The van der Waals surface area contributed by atoms with Gasteiger partial charge in [0.1, 0.15) is 0 Å². The van der Waals surface area contributed by atoms with Gasteiger partial charge in [-0.25, -0.2) is 0 Å². The molecule has 0 fully saturated rings. The second kappa shape index (κ2) is 7.67. The molecule has 0 spiro atoms. The van der Waals surface area contributed by atoms with Crippen LogP contribution in [0.3, 0.4) is 0 Å². The van der Waals surface area contributed by atoms with Crippen LogP contribution in [0.4, 0.5) is 13.2 Å². The molecule has 0 saturated heterocycles. The zero-order valence-electron chi connectivity index (χ0n) is 11.9. The number of ether oxygens (including phenoxy) is 1. The number of hydrogen-bond donors (Lipinski definition) is 0. The molecule has 1 atom stereocenters. The van der Waals surface area contributed by atoms with Crippen molar-refractivity contribution < 1.29 is 17.9 Å². The van der Waals surface area contributed by atoms with Crippen LogP contribution in [0.25, 0.3) is 0 Å². The maximum Gasteiger partial charge on any atom is 0.422 e. The van der Waals surface area contributed by atoms with Gasteiger partial charge >= 0.3 is 6.18 Å². The standard InChI is InChI=1S/C14H20F3NOS/c1-11(19-10-14(15,16)17)4-5-12(2)20-13-6-8-18(3)9-7-13/h4-6,8,13H,7,9-10H2,1-3H3/b11-4+,12-5+. The van der Waals surface area contributed by atoms with E-state index in [4.69, 9.17) is 0 Å². The number of hydrogen-bond acceptors (Lipinski definition) is 3. The van der Waals surface area contributed by atoms with Gasteiger partial charge in [-0.2, -0.15) is 13.2 Å². The Morgan fingerprint density at radius 2 is 2.10 bits per heavy atom. The van der Waals surface area contributed by atoms with Gasteiger partial charge in [-0.05, 0) is 43.5 Å². The number of rotatable bonds is 5. The molecule has 0 aromatic carbocycles. The summed E-state index contributed by atoms with van der Waals surface area (Å²) in [5, 5.41) is 0.423. The van der Waals surface area contributed by atoms with E-state index in [1.807, 2.05) is 14.0 Å². The van der Waals surface area contributed by atoms with Crippen LogP contribution < -0.4 is 0 Å². The molecule has 0 bridgehead atoms. The van der Waals surface area contributed by atoms with Crippen LogP contribution in [0.5, 0.6) is 0 Å². The van der Waals surface area contributed by atoms with E-state index in [1.54, 1.807) is 23.9 Å². The summed E-state index contributed by atoms with van der Waals surface area (Å²) in [7, 11) is 2.03. The second-order valence-electron chi connectivity index (χ2n) is 4.73. The van der Waals surface area contributed by atoms with E-state index in [0.717, 1.165) is 17.9 Å². The first-order valence-electron chi connectivity index (χ1n) is 6.36. The predicted molar refractivity (Wildman–Crippen MR) is 77.3 cm³/mol. The van der Waals surface area contributed by atoms with Crippen molar-refractivity contribution in [2.24, 2.45) is 0 Å². The minimum Gasteiger partial charge on any atom is -0.489 e. The maximum atomic E-state index is 12.0. The van der Waals surface area contributed by atoms with Crippen LogP contribution in [0, 0.1) is 0 Å². The van der Waals surface area contributed by atoms with Gasteiger partial charge in [-0.1, -0.05) is 6.08 Å². The summed E-state index contributed by atoms with van der Waals surface area (Å²) in [6, 6.07) is 0. The molecule has 0 saturated carbocycles. The Morgan fingerprint density at radius 1 is 1.40 bits per heavy atom. The highest BCUT2D eigenvalue weighted by atomic mass is 32.2. The number of halogens is 3. The van der Waals surface area contributed by atoms with Crippen molar-refractivity contribution in [1.82, 2.24) is 4.90 Å². The molecule has 0 radical (unpaired) electrons. The second-order valence-corrected chi connectivity index (χ2v) is 6.21. The van der Waals surface area contributed by atoms with Gasteiger partial charge in [-0.15, -0.1) is 11.8 Å². The summed E-state index contributed by atoms with van der Waals surface area (Å²) in [6.45, 7) is 3.25. The number of alkyl halides is 3. The molecule has 0 aromatic heterocycles.